The average molecular weight is 287 g/mol. The molecular weight excluding hydrogens is 262 g/mol. The molecule has 0 spiro atoms. The van der Waals surface area contributed by atoms with E-state index in [1.807, 2.05) is 11.3 Å². The lowest BCUT2D eigenvalue weighted by Gasteiger charge is -2.06. The number of hydrogen-bond donors (Lipinski definition) is 1. The Balaban J connectivity index is 1.72. The molecule has 1 aromatic heterocycles. The van der Waals surface area contributed by atoms with Crippen LogP contribution in [0.3, 0.4) is 0 Å². The van der Waals surface area contributed by atoms with Crippen molar-refractivity contribution in [1.82, 2.24) is 5.32 Å². The topological polar surface area (TPSA) is 39.7 Å². The Morgan fingerprint density at radius 1 is 1.05 bits per heavy atom. The second kappa shape index (κ2) is 12.6. The molecule has 1 heterocycles. The van der Waals surface area contributed by atoms with Crippen LogP contribution >= 0.6 is 11.3 Å². The maximum Gasteiger partial charge on any atom is 0.0701 e. The van der Waals surface area contributed by atoms with E-state index in [-0.39, 0.29) is 0 Å². The second-order valence-corrected chi connectivity index (χ2v) is 5.18. The zero-order valence-electron chi connectivity index (χ0n) is 11.7. The minimum atomic E-state index is 0.666. The van der Waals surface area contributed by atoms with Crippen molar-refractivity contribution in [3.63, 3.8) is 0 Å². The van der Waals surface area contributed by atoms with Gasteiger partial charge in [0.15, 0.2) is 0 Å². The lowest BCUT2D eigenvalue weighted by molar-refractivity contribution is 0.0409. The van der Waals surface area contributed by atoms with E-state index in [0.29, 0.717) is 13.2 Å². The minimum Gasteiger partial charge on any atom is -0.385 e. The molecule has 0 amide bonds. The summed E-state index contributed by atoms with van der Waals surface area (Å²) in [5.41, 5.74) is 0. The fourth-order valence-corrected chi connectivity index (χ4v) is 2.27. The van der Waals surface area contributed by atoms with Crippen molar-refractivity contribution in [2.75, 3.05) is 53.2 Å². The number of hydrogen-bond acceptors (Lipinski definition) is 5. The van der Waals surface area contributed by atoms with Crippen LogP contribution in [0, 0.1) is 0 Å². The van der Waals surface area contributed by atoms with Crippen LogP contribution < -0.4 is 5.32 Å². The first-order valence-electron chi connectivity index (χ1n) is 6.81. The lowest BCUT2D eigenvalue weighted by Crippen LogP contribution is -2.22. The van der Waals surface area contributed by atoms with E-state index in [4.69, 9.17) is 14.2 Å². The van der Waals surface area contributed by atoms with Gasteiger partial charge in [-0.3, -0.25) is 0 Å². The van der Waals surface area contributed by atoms with Crippen LogP contribution in [-0.4, -0.2) is 53.2 Å². The molecule has 0 radical (unpaired) electrons. The quantitative estimate of drug-likeness (QED) is 0.563. The van der Waals surface area contributed by atoms with E-state index in [1.54, 1.807) is 7.11 Å². The van der Waals surface area contributed by atoms with Gasteiger partial charge in [-0.1, -0.05) is 6.07 Å². The zero-order chi connectivity index (χ0) is 13.6. The fraction of sp³-hybridized carbons (Fsp3) is 0.714. The van der Waals surface area contributed by atoms with Crippen LogP contribution in [0.15, 0.2) is 17.5 Å². The molecule has 0 saturated carbocycles. The molecule has 1 N–H and O–H groups in total. The highest BCUT2D eigenvalue weighted by Gasteiger charge is 1.94. The standard InChI is InChI=1S/C14H25NO3S/c1-16-8-3-9-17-11-12-18-10-7-15-6-5-14-4-2-13-19-14/h2,4,13,15H,3,5-12H2,1H3. The van der Waals surface area contributed by atoms with Crippen molar-refractivity contribution in [2.45, 2.75) is 12.8 Å². The fourth-order valence-electron chi connectivity index (χ4n) is 1.56. The molecule has 0 bridgehead atoms. The molecule has 0 unspecified atom stereocenters. The Morgan fingerprint density at radius 2 is 1.89 bits per heavy atom. The van der Waals surface area contributed by atoms with Gasteiger partial charge in [0.1, 0.15) is 0 Å². The smallest absolute Gasteiger partial charge is 0.0701 e. The summed E-state index contributed by atoms with van der Waals surface area (Å²) in [5.74, 6) is 0. The number of methoxy groups -OCH3 is 1. The summed E-state index contributed by atoms with van der Waals surface area (Å²) in [6.45, 7) is 5.49. The third kappa shape index (κ3) is 10.0. The number of thiophene rings is 1. The van der Waals surface area contributed by atoms with E-state index in [9.17, 15) is 0 Å². The van der Waals surface area contributed by atoms with E-state index in [2.05, 4.69) is 22.8 Å². The van der Waals surface area contributed by atoms with E-state index in [0.717, 1.165) is 45.8 Å². The van der Waals surface area contributed by atoms with Gasteiger partial charge in [0.05, 0.1) is 19.8 Å². The second-order valence-electron chi connectivity index (χ2n) is 4.15. The highest BCUT2D eigenvalue weighted by atomic mass is 32.1. The molecule has 0 aromatic carbocycles. The minimum absolute atomic E-state index is 0.666. The van der Waals surface area contributed by atoms with Gasteiger partial charge in [0, 0.05) is 38.3 Å². The van der Waals surface area contributed by atoms with E-state index in [1.165, 1.54) is 4.88 Å². The maximum absolute atomic E-state index is 5.46. The van der Waals surface area contributed by atoms with Crippen LogP contribution in [0.1, 0.15) is 11.3 Å². The number of ether oxygens (including phenoxy) is 3. The summed E-state index contributed by atoms with van der Waals surface area (Å²) in [6.07, 6.45) is 2.04. The summed E-state index contributed by atoms with van der Waals surface area (Å²) < 4.78 is 15.8. The molecule has 1 rings (SSSR count). The van der Waals surface area contributed by atoms with Gasteiger partial charge in [-0.25, -0.2) is 0 Å². The maximum atomic E-state index is 5.46. The van der Waals surface area contributed by atoms with Crippen molar-refractivity contribution in [3.8, 4) is 0 Å². The molecule has 4 nitrogen and oxygen atoms in total. The van der Waals surface area contributed by atoms with Crippen molar-refractivity contribution in [1.29, 1.82) is 0 Å². The van der Waals surface area contributed by atoms with Gasteiger partial charge in [0.2, 0.25) is 0 Å². The Kier molecular flexibility index (Phi) is 11.0. The molecular formula is C14H25NO3S. The molecule has 0 aliphatic rings. The monoisotopic (exact) mass is 287 g/mol. The predicted molar refractivity (Wildman–Crippen MR) is 79.0 cm³/mol. The van der Waals surface area contributed by atoms with Crippen molar-refractivity contribution in [2.24, 2.45) is 0 Å². The molecule has 0 fully saturated rings. The zero-order valence-corrected chi connectivity index (χ0v) is 12.5. The van der Waals surface area contributed by atoms with Gasteiger partial charge in [-0.15, -0.1) is 11.3 Å². The van der Waals surface area contributed by atoms with Gasteiger partial charge in [-0.05, 0) is 24.3 Å². The molecule has 19 heavy (non-hydrogen) atoms. The summed E-state index contributed by atoms with van der Waals surface area (Å²) in [4.78, 5) is 1.43. The molecule has 0 aliphatic carbocycles. The van der Waals surface area contributed by atoms with Crippen LogP contribution in [0.25, 0.3) is 0 Å². The van der Waals surface area contributed by atoms with Gasteiger partial charge in [-0.2, -0.15) is 0 Å². The first-order chi connectivity index (χ1) is 9.43. The molecule has 1 aromatic rings. The average Bonchev–Trinajstić information content (AvgIpc) is 2.93. The number of rotatable bonds is 13. The summed E-state index contributed by atoms with van der Waals surface area (Å²) in [5, 5.41) is 5.48. The Morgan fingerprint density at radius 3 is 2.63 bits per heavy atom. The molecule has 110 valence electrons. The largest absolute Gasteiger partial charge is 0.385 e. The highest BCUT2D eigenvalue weighted by molar-refractivity contribution is 7.09. The molecule has 0 aliphatic heterocycles. The van der Waals surface area contributed by atoms with Crippen LogP contribution in [0.2, 0.25) is 0 Å². The van der Waals surface area contributed by atoms with Gasteiger partial charge < -0.3 is 19.5 Å². The van der Waals surface area contributed by atoms with Crippen LogP contribution in [0.4, 0.5) is 0 Å². The predicted octanol–water partition coefficient (Wildman–Crippen LogP) is 1.95. The normalized spacial score (nSPS) is 11.0. The third-order valence-corrected chi connectivity index (χ3v) is 3.50. The Hall–Kier alpha value is -0.460. The third-order valence-electron chi connectivity index (χ3n) is 2.56. The summed E-state index contributed by atoms with van der Waals surface area (Å²) >= 11 is 1.81. The van der Waals surface area contributed by atoms with E-state index >= 15 is 0 Å². The van der Waals surface area contributed by atoms with Crippen molar-refractivity contribution < 1.29 is 14.2 Å². The van der Waals surface area contributed by atoms with E-state index < -0.39 is 0 Å². The molecule has 0 saturated heterocycles. The summed E-state index contributed by atoms with van der Waals surface area (Å²) in [6, 6.07) is 4.26. The lowest BCUT2D eigenvalue weighted by atomic mass is 10.3. The first kappa shape index (κ1) is 16.6. The van der Waals surface area contributed by atoms with Gasteiger partial charge >= 0.3 is 0 Å². The first-order valence-corrected chi connectivity index (χ1v) is 7.69. The number of nitrogens with one attached hydrogen (secondary N) is 1. The van der Waals surface area contributed by atoms with Gasteiger partial charge in [0.25, 0.3) is 0 Å². The Bertz CT molecular complexity index is 280. The van der Waals surface area contributed by atoms with Crippen molar-refractivity contribution in [3.05, 3.63) is 22.4 Å². The van der Waals surface area contributed by atoms with Crippen molar-refractivity contribution >= 4 is 11.3 Å². The molecule has 5 heteroatoms. The SMILES string of the molecule is COCCCOCCOCCNCCc1cccs1. The molecule has 0 atom stereocenters. The Labute approximate surface area is 120 Å². The highest BCUT2D eigenvalue weighted by Crippen LogP contribution is 2.07. The van der Waals surface area contributed by atoms with Crippen LogP contribution in [0.5, 0.6) is 0 Å². The van der Waals surface area contributed by atoms with Crippen LogP contribution in [-0.2, 0) is 20.6 Å². The summed E-state index contributed by atoms with van der Waals surface area (Å²) in [7, 11) is 1.70.